The van der Waals surface area contributed by atoms with Gasteiger partial charge in [-0.1, -0.05) is 0 Å². The Morgan fingerprint density at radius 2 is 2.06 bits per heavy atom. The molecular weight excluding hydrogens is 232 g/mol. The van der Waals surface area contributed by atoms with Crippen molar-refractivity contribution in [3.05, 3.63) is 11.8 Å². The van der Waals surface area contributed by atoms with Gasteiger partial charge in [0.1, 0.15) is 5.60 Å². The van der Waals surface area contributed by atoms with Gasteiger partial charge >= 0.3 is 6.09 Å². The maximum atomic E-state index is 12.0. The van der Waals surface area contributed by atoms with Crippen molar-refractivity contribution in [3.8, 4) is 0 Å². The molecule has 5 heteroatoms. The third-order valence-corrected chi connectivity index (χ3v) is 2.74. The van der Waals surface area contributed by atoms with Crippen LogP contribution in [0.3, 0.4) is 0 Å². The molecule has 1 fully saturated rings. The molecule has 1 saturated heterocycles. The zero-order valence-corrected chi connectivity index (χ0v) is 12.1. The number of amides is 1. The standard InChI is InChI=1S/C13H24N2O3/c1-9-10(7-14(5)6)11(16)8-15(9)12(17)18-13(2,3)4/h7,9,11,16H,8H2,1-6H3/b10-7+. The van der Waals surface area contributed by atoms with E-state index in [2.05, 4.69) is 0 Å². The van der Waals surface area contributed by atoms with Crippen molar-refractivity contribution in [2.24, 2.45) is 0 Å². The largest absolute Gasteiger partial charge is 0.444 e. The minimum atomic E-state index is -0.616. The number of aliphatic hydroxyl groups excluding tert-OH is 1. The minimum Gasteiger partial charge on any atom is -0.444 e. The van der Waals surface area contributed by atoms with E-state index in [1.807, 2.05) is 52.9 Å². The lowest BCUT2D eigenvalue weighted by Crippen LogP contribution is -2.39. The third-order valence-electron chi connectivity index (χ3n) is 2.74. The van der Waals surface area contributed by atoms with Crippen LogP contribution in [0.5, 0.6) is 0 Å². The first-order chi connectivity index (χ1) is 8.11. The van der Waals surface area contributed by atoms with Crippen molar-refractivity contribution in [2.45, 2.75) is 45.4 Å². The Bertz CT molecular complexity index is 345. The molecule has 1 aliphatic heterocycles. The van der Waals surface area contributed by atoms with Gasteiger partial charge in [0.05, 0.1) is 18.7 Å². The first-order valence-corrected chi connectivity index (χ1v) is 6.17. The average molecular weight is 256 g/mol. The van der Waals surface area contributed by atoms with Crippen LogP contribution in [0.1, 0.15) is 27.7 Å². The predicted molar refractivity (Wildman–Crippen MR) is 70.2 cm³/mol. The van der Waals surface area contributed by atoms with E-state index in [9.17, 15) is 9.90 Å². The van der Waals surface area contributed by atoms with E-state index in [0.717, 1.165) is 5.57 Å². The Morgan fingerprint density at radius 3 is 2.50 bits per heavy atom. The van der Waals surface area contributed by atoms with Crippen molar-refractivity contribution < 1.29 is 14.6 Å². The van der Waals surface area contributed by atoms with Gasteiger partial charge in [0.25, 0.3) is 0 Å². The van der Waals surface area contributed by atoms with Gasteiger partial charge in [0.15, 0.2) is 0 Å². The molecule has 0 aromatic carbocycles. The number of rotatable bonds is 1. The van der Waals surface area contributed by atoms with Crippen LogP contribution in [0, 0.1) is 0 Å². The molecule has 2 atom stereocenters. The van der Waals surface area contributed by atoms with Crippen LogP contribution >= 0.6 is 0 Å². The fourth-order valence-electron chi connectivity index (χ4n) is 1.95. The van der Waals surface area contributed by atoms with Crippen LogP contribution in [0.2, 0.25) is 0 Å². The number of ether oxygens (including phenoxy) is 1. The molecule has 0 spiro atoms. The summed E-state index contributed by atoms with van der Waals surface area (Å²) >= 11 is 0. The highest BCUT2D eigenvalue weighted by Gasteiger charge is 2.38. The fraction of sp³-hybridized carbons (Fsp3) is 0.769. The van der Waals surface area contributed by atoms with Gasteiger partial charge in [-0.3, -0.25) is 4.90 Å². The number of hydrogen-bond acceptors (Lipinski definition) is 4. The van der Waals surface area contributed by atoms with E-state index in [1.165, 1.54) is 0 Å². The molecule has 0 saturated carbocycles. The van der Waals surface area contributed by atoms with Gasteiger partial charge in [0.2, 0.25) is 0 Å². The molecule has 2 unspecified atom stereocenters. The zero-order valence-electron chi connectivity index (χ0n) is 12.1. The molecule has 1 N–H and O–H groups in total. The maximum Gasteiger partial charge on any atom is 0.410 e. The number of nitrogens with zero attached hydrogens (tertiary/aromatic N) is 2. The summed E-state index contributed by atoms with van der Waals surface area (Å²) in [4.78, 5) is 15.4. The van der Waals surface area contributed by atoms with Gasteiger partial charge in [0, 0.05) is 20.3 Å². The van der Waals surface area contributed by atoms with Crippen molar-refractivity contribution in [3.63, 3.8) is 0 Å². The minimum absolute atomic E-state index is 0.141. The molecule has 0 bridgehead atoms. The second-order valence-electron chi connectivity index (χ2n) is 5.92. The molecule has 0 aromatic rings. The molecule has 0 radical (unpaired) electrons. The first-order valence-electron chi connectivity index (χ1n) is 6.17. The number of likely N-dealkylation sites (tertiary alicyclic amines) is 1. The number of aliphatic hydroxyl groups is 1. The third kappa shape index (κ3) is 3.63. The summed E-state index contributed by atoms with van der Waals surface area (Å²) in [5, 5.41) is 9.98. The highest BCUT2D eigenvalue weighted by molar-refractivity contribution is 5.70. The second-order valence-corrected chi connectivity index (χ2v) is 5.92. The maximum absolute atomic E-state index is 12.0. The smallest absolute Gasteiger partial charge is 0.410 e. The summed E-state index contributed by atoms with van der Waals surface area (Å²) in [6, 6.07) is -0.141. The topological polar surface area (TPSA) is 53.0 Å². The van der Waals surface area contributed by atoms with E-state index in [0.29, 0.717) is 0 Å². The molecule has 18 heavy (non-hydrogen) atoms. The van der Waals surface area contributed by atoms with E-state index >= 15 is 0 Å². The van der Waals surface area contributed by atoms with Crippen LogP contribution in [0.25, 0.3) is 0 Å². The Kier molecular flexibility index (Phi) is 4.27. The van der Waals surface area contributed by atoms with Gasteiger partial charge in [-0.05, 0) is 33.3 Å². The number of β-amino-alcohol motifs (C(OH)–C–C–N with tert-alkyl or cyclic N) is 1. The summed E-state index contributed by atoms with van der Waals surface area (Å²) in [5.74, 6) is 0. The van der Waals surface area contributed by atoms with Gasteiger partial charge in [-0.2, -0.15) is 0 Å². The van der Waals surface area contributed by atoms with E-state index in [4.69, 9.17) is 4.74 Å². The van der Waals surface area contributed by atoms with Crippen LogP contribution < -0.4 is 0 Å². The van der Waals surface area contributed by atoms with Crippen molar-refractivity contribution in [1.29, 1.82) is 0 Å². The Hall–Kier alpha value is -1.23. The van der Waals surface area contributed by atoms with E-state index < -0.39 is 11.7 Å². The molecule has 1 heterocycles. The second kappa shape index (κ2) is 5.18. The summed E-state index contributed by atoms with van der Waals surface area (Å²) in [5.41, 5.74) is 0.321. The molecule has 0 aliphatic carbocycles. The molecule has 104 valence electrons. The van der Waals surface area contributed by atoms with Gasteiger partial charge in [-0.25, -0.2) is 4.79 Å². The average Bonchev–Trinajstić information content (AvgIpc) is 2.42. The number of carbonyl (C=O) groups excluding carboxylic acids is 1. The summed E-state index contributed by atoms with van der Waals surface area (Å²) in [6.45, 7) is 7.68. The zero-order chi connectivity index (χ0) is 14.1. The molecule has 1 aliphatic rings. The van der Waals surface area contributed by atoms with Crippen LogP contribution in [0.4, 0.5) is 4.79 Å². The first kappa shape index (κ1) is 14.8. The molecule has 1 rings (SSSR count). The highest BCUT2D eigenvalue weighted by atomic mass is 16.6. The highest BCUT2D eigenvalue weighted by Crippen LogP contribution is 2.26. The quantitative estimate of drug-likeness (QED) is 0.771. The Balaban J connectivity index is 2.80. The van der Waals surface area contributed by atoms with Crippen molar-refractivity contribution in [2.75, 3.05) is 20.6 Å². The Morgan fingerprint density at radius 1 is 1.50 bits per heavy atom. The van der Waals surface area contributed by atoms with Gasteiger partial charge in [-0.15, -0.1) is 0 Å². The van der Waals surface area contributed by atoms with Crippen molar-refractivity contribution in [1.82, 2.24) is 9.80 Å². The molecule has 1 amide bonds. The lowest BCUT2D eigenvalue weighted by Gasteiger charge is -2.27. The monoisotopic (exact) mass is 256 g/mol. The van der Waals surface area contributed by atoms with Crippen LogP contribution in [-0.4, -0.2) is 59.4 Å². The van der Waals surface area contributed by atoms with Crippen LogP contribution in [-0.2, 0) is 4.74 Å². The van der Waals surface area contributed by atoms with E-state index in [1.54, 1.807) is 4.90 Å². The van der Waals surface area contributed by atoms with Gasteiger partial charge < -0.3 is 14.7 Å². The summed E-state index contributed by atoms with van der Waals surface area (Å²) in [7, 11) is 3.78. The number of carbonyl (C=O) groups is 1. The summed E-state index contributed by atoms with van der Waals surface area (Å²) < 4.78 is 5.33. The number of hydrogen-bond donors (Lipinski definition) is 1. The molecule has 0 aromatic heterocycles. The SMILES string of the molecule is CC1/C(=C\N(C)C)C(O)CN1C(=O)OC(C)(C)C. The molecule has 5 nitrogen and oxygen atoms in total. The lowest BCUT2D eigenvalue weighted by molar-refractivity contribution is 0.0222. The van der Waals surface area contributed by atoms with Crippen LogP contribution in [0.15, 0.2) is 11.8 Å². The van der Waals surface area contributed by atoms with E-state index in [-0.39, 0.29) is 18.7 Å². The fourth-order valence-corrected chi connectivity index (χ4v) is 1.95. The molecular formula is C13H24N2O3. The summed E-state index contributed by atoms with van der Waals surface area (Å²) in [6.07, 6.45) is 0.866. The van der Waals surface area contributed by atoms with Crippen molar-refractivity contribution >= 4 is 6.09 Å². The lowest BCUT2D eigenvalue weighted by atomic mass is 10.1. The normalized spacial score (nSPS) is 26.6. The predicted octanol–water partition coefficient (Wildman–Crippen LogP) is 1.43. The Labute approximate surface area is 109 Å².